The first kappa shape index (κ1) is 11.8. The van der Waals surface area contributed by atoms with E-state index in [1.165, 1.54) is 0 Å². The summed E-state index contributed by atoms with van der Waals surface area (Å²) in [6.45, 7) is 0.305. The Morgan fingerprint density at radius 3 is 2.89 bits per heavy atom. The lowest BCUT2D eigenvalue weighted by atomic mass is 9.69. The molecule has 98 valence electrons. The Labute approximate surface area is 109 Å². The number of rotatable bonds is 4. The first-order valence-electron chi connectivity index (χ1n) is 6.11. The summed E-state index contributed by atoms with van der Waals surface area (Å²) in [5.41, 5.74) is 0.0687. The fraction of sp³-hybridized carbons (Fsp3) is 0.417. The van der Waals surface area contributed by atoms with Crippen molar-refractivity contribution in [1.29, 1.82) is 0 Å². The van der Waals surface area contributed by atoms with Crippen molar-refractivity contribution in [3.05, 3.63) is 24.5 Å². The summed E-state index contributed by atoms with van der Waals surface area (Å²) < 4.78 is 1.56. The standard InChI is InChI=1S/C12H13N5O2/c18-11(19)12(4-2-5-12)8-17-10(14-15-16-17)9-3-1-6-13-7-9/h1,3,6-7H,2,4-5,8H2,(H,18,19). The van der Waals surface area contributed by atoms with E-state index in [0.717, 1.165) is 12.0 Å². The van der Waals surface area contributed by atoms with Crippen molar-refractivity contribution in [3.8, 4) is 11.4 Å². The highest BCUT2D eigenvalue weighted by Gasteiger charge is 2.45. The molecule has 7 nitrogen and oxygen atoms in total. The Hall–Kier alpha value is -2.31. The Morgan fingerprint density at radius 2 is 2.32 bits per heavy atom. The number of carboxylic acid groups (broad SMARTS) is 1. The van der Waals surface area contributed by atoms with Crippen LogP contribution in [-0.2, 0) is 11.3 Å². The summed E-state index contributed by atoms with van der Waals surface area (Å²) in [5.74, 6) is -0.216. The van der Waals surface area contributed by atoms with Gasteiger partial charge in [-0.15, -0.1) is 5.10 Å². The molecule has 1 aliphatic rings. The number of tetrazole rings is 1. The van der Waals surface area contributed by atoms with Crippen LogP contribution in [0.5, 0.6) is 0 Å². The molecule has 7 heteroatoms. The third-order valence-electron chi connectivity index (χ3n) is 3.67. The summed E-state index contributed by atoms with van der Waals surface area (Å²) >= 11 is 0. The molecule has 0 amide bonds. The van der Waals surface area contributed by atoms with Gasteiger partial charge in [0.05, 0.1) is 12.0 Å². The molecule has 0 aliphatic heterocycles. The van der Waals surface area contributed by atoms with Gasteiger partial charge in [0.2, 0.25) is 0 Å². The van der Waals surface area contributed by atoms with Crippen LogP contribution < -0.4 is 0 Å². The van der Waals surface area contributed by atoms with Gasteiger partial charge in [-0.1, -0.05) is 6.42 Å². The molecule has 2 aromatic rings. The Balaban J connectivity index is 1.91. The maximum atomic E-state index is 11.4. The molecule has 1 saturated carbocycles. The quantitative estimate of drug-likeness (QED) is 0.880. The van der Waals surface area contributed by atoms with Gasteiger partial charge < -0.3 is 5.11 Å². The SMILES string of the molecule is O=C(O)C1(Cn2nnnc2-c2cccnc2)CCC1. The second kappa shape index (κ2) is 4.42. The van der Waals surface area contributed by atoms with Gasteiger partial charge in [0.1, 0.15) is 0 Å². The van der Waals surface area contributed by atoms with Gasteiger partial charge in [-0.25, -0.2) is 4.68 Å². The number of nitrogens with zero attached hydrogens (tertiary/aromatic N) is 5. The normalized spacial score (nSPS) is 16.8. The molecule has 0 saturated heterocycles. The maximum Gasteiger partial charge on any atom is 0.311 e. The molecular weight excluding hydrogens is 246 g/mol. The smallest absolute Gasteiger partial charge is 0.311 e. The largest absolute Gasteiger partial charge is 0.481 e. The van der Waals surface area contributed by atoms with Gasteiger partial charge in [-0.05, 0) is 35.4 Å². The molecule has 0 bridgehead atoms. The number of carbonyl (C=O) groups is 1. The van der Waals surface area contributed by atoms with E-state index in [4.69, 9.17) is 0 Å². The van der Waals surface area contributed by atoms with E-state index in [1.807, 2.05) is 6.07 Å². The van der Waals surface area contributed by atoms with Gasteiger partial charge >= 0.3 is 5.97 Å². The molecule has 2 heterocycles. The summed E-state index contributed by atoms with van der Waals surface area (Å²) in [6, 6.07) is 3.65. The molecule has 0 spiro atoms. The van der Waals surface area contributed by atoms with Crippen molar-refractivity contribution in [3.63, 3.8) is 0 Å². The van der Waals surface area contributed by atoms with Crippen molar-refractivity contribution >= 4 is 5.97 Å². The lowest BCUT2D eigenvalue weighted by Gasteiger charge is -2.37. The van der Waals surface area contributed by atoms with E-state index < -0.39 is 11.4 Å². The molecule has 1 N–H and O–H groups in total. The summed E-state index contributed by atoms with van der Waals surface area (Å²) in [5, 5.41) is 20.9. The van der Waals surface area contributed by atoms with Crippen molar-refractivity contribution in [2.75, 3.05) is 0 Å². The second-order valence-electron chi connectivity index (χ2n) is 4.84. The maximum absolute atomic E-state index is 11.4. The van der Waals surface area contributed by atoms with Gasteiger partial charge in [0.15, 0.2) is 5.82 Å². The highest BCUT2D eigenvalue weighted by Crippen LogP contribution is 2.42. The number of pyridine rings is 1. The van der Waals surface area contributed by atoms with Crippen LogP contribution in [0.2, 0.25) is 0 Å². The van der Waals surface area contributed by atoms with Crippen molar-refractivity contribution in [1.82, 2.24) is 25.2 Å². The monoisotopic (exact) mass is 259 g/mol. The molecule has 1 aliphatic carbocycles. The van der Waals surface area contributed by atoms with E-state index >= 15 is 0 Å². The van der Waals surface area contributed by atoms with Crippen LogP contribution in [0.3, 0.4) is 0 Å². The number of aliphatic carboxylic acids is 1. The van der Waals surface area contributed by atoms with Crippen LogP contribution in [0.25, 0.3) is 11.4 Å². The van der Waals surface area contributed by atoms with Gasteiger partial charge in [-0.2, -0.15) is 0 Å². The first-order valence-corrected chi connectivity index (χ1v) is 6.11. The minimum absolute atomic E-state index is 0.305. The summed E-state index contributed by atoms with van der Waals surface area (Å²) in [7, 11) is 0. The number of hydrogen-bond donors (Lipinski definition) is 1. The van der Waals surface area contributed by atoms with E-state index in [2.05, 4.69) is 20.5 Å². The molecule has 0 atom stereocenters. The summed E-state index contributed by atoms with van der Waals surface area (Å²) in [6.07, 6.45) is 5.62. The molecule has 3 rings (SSSR count). The first-order chi connectivity index (χ1) is 9.21. The lowest BCUT2D eigenvalue weighted by molar-refractivity contribution is -0.156. The van der Waals surface area contributed by atoms with Gasteiger partial charge in [0.25, 0.3) is 0 Å². The highest BCUT2D eigenvalue weighted by atomic mass is 16.4. The van der Waals surface area contributed by atoms with Crippen LogP contribution in [0.15, 0.2) is 24.5 Å². The lowest BCUT2D eigenvalue weighted by Crippen LogP contribution is -2.42. The van der Waals surface area contributed by atoms with Gasteiger partial charge in [-0.3, -0.25) is 9.78 Å². The van der Waals surface area contributed by atoms with E-state index in [0.29, 0.717) is 25.2 Å². The zero-order valence-electron chi connectivity index (χ0n) is 10.2. The summed E-state index contributed by atoms with van der Waals surface area (Å²) in [4.78, 5) is 15.4. The van der Waals surface area contributed by atoms with Crippen molar-refractivity contribution in [2.45, 2.75) is 25.8 Å². The number of aromatic nitrogens is 5. The van der Waals surface area contributed by atoms with Crippen LogP contribution in [0.4, 0.5) is 0 Å². The molecule has 0 unspecified atom stereocenters. The number of hydrogen-bond acceptors (Lipinski definition) is 5. The van der Waals surface area contributed by atoms with Crippen LogP contribution in [0.1, 0.15) is 19.3 Å². The topological polar surface area (TPSA) is 93.8 Å². The minimum Gasteiger partial charge on any atom is -0.481 e. The predicted octanol–water partition coefficient (Wildman–Crippen LogP) is 0.990. The Morgan fingerprint density at radius 1 is 1.47 bits per heavy atom. The van der Waals surface area contributed by atoms with Crippen molar-refractivity contribution in [2.24, 2.45) is 5.41 Å². The average molecular weight is 259 g/mol. The van der Waals surface area contributed by atoms with Crippen LogP contribution >= 0.6 is 0 Å². The molecular formula is C12H13N5O2. The third-order valence-corrected chi connectivity index (χ3v) is 3.67. The number of carboxylic acids is 1. The average Bonchev–Trinajstić information content (AvgIpc) is 2.82. The third kappa shape index (κ3) is 1.96. The fourth-order valence-electron chi connectivity index (χ4n) is 2.34. The Kier molecular flexibility index (Phi) is 2.73. The molecule has 2 aromatic heterocycles. The molecule has 1 fully saturated rings. The predicted molar refractivity (Wildman–Crippen MR) is 65.0 cm³/mol. The van der Waals surface area contributed by atoms with Gasteiger partial charge in [0, 0.05) is 18.0 Å². The minimum atomic E-state index is -0.772. The molecule has 0 aromatic carbocycles. The zero-order chi connectivity index (χ0) is 13.3. The van der Waals surface area contributed by atoms with E-state index in [9.17, 15) is 9.90 Å². The zero-order valence-corrected chi connectivity index (χ0v) is 10.2. The second-order valence-corrected chi connectivity index (χ2v) is 4.84. The van der Waals surface area contributed by atoms with Crippen molar-refractivity contribution < 1.29 is 9.90 Å². The van der Waals surface area contributed by atoms with E-state index in [-0.39, 0.29) is 0 Å². The fourth-order valence-corrected chi connectivity index (χ4v) is 2.34. The molecule has 0 radical (unpaired) electrons. The molecule has 19 heavy (non-hydrogen) atoms. The van der Waals surface area contributed by atoms with E-state index in [1.54, 1.807) is 23.1 Å². The Bertz CT molecular complexity index is 591. The van der Waals surface area contributed by atoms with Crippen LogP contribution in [0, 0.1) is 5.41 Å². The highest BCUT2D eigenvalue weighted by molar-refractivity contribution is 5.75. The van der Waals surface area contributed by atoms with Crippen LogP contribution in [-0.4, -0.2) is 36.3 Å².